The number of aliphatic carboxylic acids is 1. The summed E-state index contributed by atoms with van der Waals surface area (Å²) in [7, 11) is 0. The van der Waals surface area contributed by atoms with E-state index in [1.54, 1.807) is 0 Å². The summed E-state index contributed by atoms with van der Waals surface area (Å²) in [6.45, 7) is 2.26. The van der Waals surface area contributed by atoms with E-state index < -0.39 is 5.97 Å². The molecule has 0 aromatic carbocycles. The van der Waals surface area contributed by atoms with Gasteiger partial charge in [0.2, 0.25) is 0 Å². The topological polar surface area (TPSA) is 54.4 Å². The molecule has 0 radical (unpaired) electrons. The monoisotopic (exact) mass is 354 g/mol. The maximum absolute atomic E-state index is 11.8. The predicted molar refractivity (Wildman–Crippen MR) is 106 cm³/mol. The third-order valence-electron chi connectivity index (χ3n) is 4.91. The van der Waals surface area contributed by atoms with Gasteiger partial charge in [-0.2, -0.15) is 0 Å². The number of rotatable bonds is 20. The van der Waals surface area contributed by atoms with Crippen LogP contribution >= 0.6 is 0 Å². The Morgan fingerprint density at radius 3 is 1.20 bits per heavy atom. The summed E-state index contributed by atoms with van der Waals surface area (Å²) in [4.78, 5) is 22.2. The minimum Gasteiger partial charge on any atom is -0.481 e. The van der Waals surface area contributed by atoms with E-state index in [-0.39, 0.29) is 6.42 Å². The van der Waals surface area contributed by atoms with Gasteiger partial charge in [-0.05, 0) is 19.3 Å². The van der Waals surface area contributed by atoms with Crippen LogP contribution in [0.2, 0.25) is 0 Å². The van der Waals surface area contributed by atoms with Gasteiger partial charge in [-0.25, -0.2) is 0 Å². The molecule has 0 fully saturated rings. The first kappa shape index (κ1) is 24.1. The molecule has 0 spiro atoms. The molecular weight excluding hydrogens is 312 g/mol. The van der Waals surface area contributed by atoms with Crippen molar-refractivity contribution in [3.05, 3.63) is 0 Å². The van der Waals surface area contributed by atoms with Crippen LogP contribution in [0.4, 0.5) is 0 Å². The van der Waals surface area contributed by atoms with Crippen molar-refractivity contribution >= 4 is 11.8 Å². The van der Waals surface area contributed by atoms with E-state index in [1.807, 2.05) is 0 Å². The second-order valence-corrected chi connectivity index (χ2v) is 7.49. The lowest BCUT2D eigenvalue weighted by atomic mass is 10.0. The highest BCUT2D eigenvalue weighted by molar-refractivity contribution is 5.78. The van der Waals surface area contributed by atoms with Crippen molar-refractivity contribution in [1.29, 1.82) is 0 Å². The minimum absolute atomic E-state index is 0.289. The Morgan fingerprint density at radius 1 is 0.520 bits per heavy atom. The fourth-order valence-electron chi connectivity index (χ4n) is 3.24. The van der Waals surface area contributed by atoms with Crippen LogP contribution in [0.1, 0.15) is 129 Å². The van der Waals surface area contributed by atoms with Gasteiger partial charge in [-0.15, -0.1) is 0 Å². The molecule has 1 N–H and O–H groups in total. The second-order valence-electron chi connectivity index (χ2n) is 7.49. The lowest BCUT2D eigenvalue weighted by Gasteiger charge is -2.03. The highest BCUT2D eigenvalue weighted by Gasteiger charge is 2.02. The van der Waals surface area contributed by atoms with E-state index in [4.69, 9.17) is 5.11 Å². The van der Waals surface area contributed by atoms with E-state index in [2.05, 4.69) is 6.92 Å². The van der Waals surface area contributed by atoms with Gasteiger partial charge in [0, 0.05) is 19.3 Å². The zero-order valence-corrected chi connectivity index (χ0v) is 16.7. The smallest absolute Gasteiger partial charge is 0.303 e. The van der Waals surface area contributed by atoms with Gasteiger partial charge in [0.15, 0.2) is 0 Å². The number of hydrogen-bond donors (Lipinski definition) is 1. The Kier molecular flexibility index (Phi) is 18.8. The van der Waals surface area contributed by atoms with Gasteiger partial charge in [-0.1, -0.05) is 90.4 Å². The number of carboxylic acids is 1. The van der Waals surface area contributed by atoms with Crippen LogP contribution in [-0.4, -0.2) is 16.9 Å². The first-order valence-electron chi connectivity index (χ1n) is 10.9. The quantitative estimate of drug-likeness (QED) is 0.238. The zero-order chi connectivity index (χ0) is 18.6. The highest BCUT2D eigenvalue weighted by atomic mass is 16.4. The molecule has 0 amide bonds. The average molecular weight is 355 g/mol. The first-order chi connectivity index (χ1) is 12.2. The van der Waals surface area contributed by atoms with Gasteiger partial charge in [0.25, 0.3) is 0 Å². The largest absolute Gasteiger partial charge is 0.481 e. The predicted octanol–water partition coefficient (Wildman–Crippen LogP) is 7.07. The standard InChI is InChI=1S/C22H42O3/c1-2-3-4-5-6-7-8-9-12-15-18-21(23)19-16-13-10-11-14-17-20-22(24)25/h2-20H2,1H3,(H,24,25). The van der Waals surface area contributed by atoms with Crippen molar-refractivity contribution in [2.24, 2.45) is 0 Å². The highest BCUT2D eigenvalue weighted by Crippen LogP contribution is 2.13. The number of unbranched alkanes of at least 4 members (excludes halogenated alkanes) is 14. The number of carboxylic acid groups (broad SMARTS) is 1. The van der Waals surface area contributed by atoms with E-state index >= 15 is 0 Å². The number of Topliss-reactive ketones (excluding diaryl/α,β-unsaturated/α-hetero) is 1. The van der Waals surface area contributed by atoms with Gasteiger partial charge in [0.05, 0.1) is 0 Å². The van der Waals surface area contributed by atoms with Crippen LogP contribution in [0, 0.1) is 0 Å². The third kappa shape index (κ3) is 21.1. The summed E-state index contributed by atoms with van der Waals surface area (Å²) >= 11 is 0. The van der Waals surface area contributed by atoms with Crippen molar-refractivity contribution in [2.75, 3.05) is 0 Å². The molecule has 0 aliphatic rings. The maximum atomic E-state index is 11.8. The average Bonchev–Trinajstić information content (AvgIpc) is 2.58. The van der Waals surface area contributed by atoms with E-state index in [1.165, 1.54) is 57.8 Å². The molecule has 0 saturated heterocycles. The maximum Gasteiger partial charge on any atom is 0.303 e. The van der Waals surface area contributed by atoms with E-state index in [0.717, 1.165) is 57.8 Å². The van der Waals surface area contributed by atoms with Crippen LogP contribution in [-0.2, 0) is 9.59 Å². The molecule has 0 aromatic heterocycles. The van der Waals surface area contributed by atoms with Crippen LogP contribution in [0.3, 0.4) is 0 Å². The number of hydrogen-bond acceptors (Lipinski definition) is 2. The molecule has 0 aliphatic heterocycles. The van der Waals surface area contributed by atoms with Gasteiger partial charge < -0.3 is 5.11 Å². The molecule has 0 unspecified atom stereocenters. The summed E-state index contributed by atoms with van der Waals surface area (Å²) in [5.41, 5.74) is 0. The lowest BCUT2D eigenvalue weighted by Crippen LogP contribution is -1.97. The van der Waals surface area contributed by atoms with Crippen LogP contribution in [0.25, 0.3) is 0 Å². The van der Waals surface area contributed by atoms with Gasteiger partial charge in [0.1, 0.15) is 5.78 Å². The fourth-order valence-corrected chi connectivity index (χ4v) is 3.24. The van der Waals surface area contributed by atoms with Crippen LogP contribution in [0.15, 0.2) is 0 Å². The molecule has 148 valence electrons. The molecular formula is C22H42O3. The van der Waals surface area contributed by atoms with E-state index in [0.29, 0.717) is 5.78 Å². The number of carbonyl (C=O) groups is 2. The zero-order valence-electron chi connectivity index (χ0n) is 16.7. The van der Waals surface area contributed by atoms with Crippen LogP contribution < -0.4 is 0 Å². The summed E-state index contributed by atoms with van der Waals surface area (Å²) in [6, 6.07) is 0. The SMILES string of the molecule is CCCCCCCCCCCCC(=O)CCCCCCCCC(=O)O. The van der Waals surface area contributed by atoms with Gasteiger partial charge in [-0.3, -0.25) is 9.59 Å². The summed E-state index contributed by atoms with van der Waals surface area (Å²) in [6.07, 6.45) is 21.1. The van der Waals surface area contributed by atoms with Crippen molar-refractivity contribution < 1.29 is 14.7 Å². The van der Waals surface area contributed by atoms with Crippen molar-refractivity contribution in [2.45, 2.75) is 129 Å². The molecule has 0 aromatic rings. The molecule has 3 nitrogen and oxygen atoms in total. The van der Waals surface area contributed by atoms with Crippen molar-refractivity contribution in [3.63, 3.8) is 0 Å². The molecule has 0 bridgehead atoms. The third-order valence-corrected chi connectivity index (χ3v) is 4.91. The van der Waals surface area contributed by atoms with E-state index in [9.17, 15) is 9.59 Å². The van der Waals surface area contributed by atoms with Gasteiger partial charge >= 0.3 is 5.97 Å². The molecule has 25 heavy (non-hydrogen) atoms. The fraction of sp³-hybridized carbons (Fsp3) is 0.909. The summed E-state index contributed by atoms with van der Waals surface area (Å²) < 4.78 is 0. The first-order valence-corrected chi connectivity index (χ1v) is 10.9. The molecule has 0 rings (SSSR count). The molecule has 0 atom stereocenters. The van der Waals surface area contributed by atoms with Crippen molar-refractivity contribution in [1.82, 2.24) is 0 Å². The molecule has 0 saturated carbocycles. The number of ketones is 1. The van der Waals surface area contributed by atoms with Crippen LogP contribution in [0.5, 0.6) is 0 Å². The Labute approximate surface area is 156 Å². The van der Waals surface area contributed by atoms with Crippen molar-refractivity contribution in [3.8, 4) is 0 Å². The lowest BCUT2D eigenvalue weighted by molar-refractivity contribution is -0.137. The molecule has 0 aliphatic carbocycles. The minimum atomic E-state index is -0.697. The summed E-state index contributed by atoms with van der Waals surface area (Å²) in [5, 5.41) is 8.55. The Hall–Kier alpha value is -0.860. The molecule has 0 heterocycles. The Morgan fingerprint density at radius 2 is 0.840 bits per heavy atom. The normalized spacial score (nSPS) is 10.9. The number of carbonyl (C=O) groups excluding carboxylic acids is 1. The Bertz CT molecular complexity index is 312. The second kappa shape index (κ2) is 19.5. The summed E-state index contributed by atoms with van der Waals surface area (Å²) in [5.74, 6) is -0.261. The Balaban J connectivity index is 3.17. The molecule has 3 heteroatoms.